The summed E-state index contributed by atoms with van der Waals surface area (Å²) in [5.74, 6) is -1.05. The first-order chi connectivity index (χ1) is 9.58. The van der Waals surface area contributed by atoms with Crippen LogP contribution >= 0.6 is 0 Å². The van der Waals surface area contributed by atoms with E-state index in [2.05, 4.69) is 17.3 Å². The first-order valence-electron chi connectivity index (χ1n) is 6.75. The molecule has 0 atom stereocenters. The van der Waals surface area contributed by atoms with E-state index < -0.39 is 11.6 Å². The lowest BCUT2D eigenvalue weighted by atomic mass is 10.1. The predicted molar refractivity (Wildman–Crippen MR) is 74.4 cm³/mol. The zero-order chi connectivity index (χ0) is 14.5. The molecule has 0 spiro atoms. The van der Waals surface area contributed by atoms with Crippen LogP contribution in [0.1, 0.15) is 23.7 Å². The third-order valence-corrected chi connectivity index (χ3v) is 3.15. The second-order valence-electron chi connectivity index (χ2n) is 4.83. The average Bonchev–Trinajstić information content (AvgIpc) is 2.74. The van der Waals surface area contributed by atoms with Crippen molar-refractivity contribution in [1.82, 2.24) is 15.1 Å². The van der Waals surface area contributed by atoms with Gasteiger partial charge in [-0.15, -0.1) is 0 Å². The maximum absolute atomic E-state index is 13.0. The summed E-state index contributed by atoms with van der Waals surface area (Å²) in [6.45, 7) is 3.46. The molecule has 20 heavy (non-hydrogen) atoms. The molecule has 0 aliphatic carbocycles. The minimum Gasteiger partial charge on any atom is -0.312 e. The minimum atomic E-state index is -0.527. The molecule has 0 saturated heterocycles. The van der Waals surface area contributed by atoms with Crippen LogP contribution in [0, 0.1) is 11.6 Å². The van der Waals surface area contributed by atoms with Gasteiger partial charge in [0.1, 0.15) is 11.6 Å². The smallest absolute Gasteiger partial charge is 0.126 e. The van der Waals surface area contributed by atoms with Crippen molar-refractivity contribution in [3.05, 3.63) is 52.9 Å². The highest BCUT2D eigenvalue weighted by molar-refractivity contribution is 5.19. The van der Waals surface area contributed by atoms with Crippen LogP contribution in [-0.2, 0) is 26.4 Å². The number of nitrogens with one attached hydrogen (secondary N) is 1. The lowest BCUT2D eigenvalue weighted by molar-refractivity contribution is 0.577. The summed E-state index contributed by atoms with van der Waals surface area (Å²) in [6.07, 6.45) is 3.48. The van der Waals surface area contributed by atoms with E-state index in [1.807, 2.05) is 13.2 Å². The average molecular weight is 279 g/mol. The van der Waals surface area contributed by atoms with Crippen molar-refractivity contribution in [3.63, 3.8) is 0 Å². The second-order valence-corrected chi connectivity index (χ2v) is 4.83. The molecule has 2 aromatic rings. The number of aromatic nitrogens is 2. The van der Waals surface area contributed by atoms with Gasteiger partial charge in [-0.05, 0) is 37.1 Å². The van der Waals surface area contributed by atoms with Gasteiger partial charge in [-0.25, -0.2) is 8.78 Å². The number of benzene rings is 1. The van der Waals surface area contributed by atoms with Gasteiger partial charge in [0.15, 0.2) is 0 Å². The molecule has 0 radical (unpaired) electrons. The Hall–Kier alpha value is -1.75. The molecule has 0 aliphatic rings. The fourth-order valence-electron chi connectivity index (χ4n) is 2.24. The van der Waals surface area contributed by atoms with Crippen LogP contribution in [0.2, 0.25) is 0 Å². The minimum absolute atomic E-state index is 0.527. The molecule has 1 aromatic carbocycles. The van der Waals surface area contributed by atoms with Crippen molar-refractivity contribution >= 4 is 0 Å². The van der Waals surface area contributed by atoms with Gasteiger partial charge in [-0.3, -0.25) is 4.68 Å². The summed E-state index contributed by atoms with van der Waals surface area (Å²) in [6, 6.07) is 3.62. The highest BCUT2D eigenvalue weighted by Gasteiger charge is 2.05. The van der Waals surface area contributed by atoms with Crippen LogP contribution < -0.4 is 5.32 Å². The Morgan fingerprint density at radius 3 is 2.55 bits per heavy atom. The van der Waals surface area contributed by atoms with Gasteiger partial charge in [0.2, 0.25) is 0 Å². The van der Waals surface area contributed by atoms with Crippen molar-refractivity contribution in [2.45, 2.75) is 26.3 Å². The highest BCUT2D eigenvalue weighted by Crippen LogP contribution is 2.09. The van der Waals surface area contributed by atoms with E-state index in [9.17, 15) is 8.78 Å². The number of halogens is 2. The summed E-state index contributed by atoms with van der Waals surface area (Å²) in [5.41, 5.74) is 2.91. The Morgan fingerprint density at radius 2 is 1.90 bits per heavy atom. The molecule has 108 valence electrons. The second kappa shape index (κ2) is 6.61. The van der Waals surface area contributed by atoms with Crippen LogP contribution in [0.25, 0.3) is 0 Å². The maximum atomic E-state index is 13.0. The van der Waals surface area contributed by atoms with Crippen LogP contribution in [0.4, 0.5) is 8.78 Å². The Balaban J connectivity index is 1.84. The summed E-state index contributed by atoms with van der Waals surface area (Å²) in [7, 11) is 1.90. The largest absolute Gasteiger partial charge is 0.312 e. The standard InChI is InChI=1S/C15H19F2N3/c1-3-15-12(10-20(2)19-15)9-18-5-4-11-6-13(16)8-14(17)7-11/h6-8,10,18H,3-5,9H2,1-2H3. The molecule has 0 saturated carbocycles. The Morgan fingerprint density at radius 1 is 1.20 bits per heavy atom. The van der Waals surface area contributed by atoms with E-state index in [4.69, 9.17) is 0 Å². The van der Waals surface area contributed by atoms with Crippen LogP contribution in [0.15, 0.2) is 24.4 Å². The van der Waals surface area contributed by atoms with E-state index in [1.54, 1.807) is 4.68 Å². The van der Waals surface area contributed by atoms with Crippen LogP contribution in [0.5, 0.6) is 0 Å². The van der Waals surface area contributed by atoms with Crippen molar-refractivity contribution in [2.24, 2.45) is 7.05 Å². The summed E-state index contributed by atoms with van der Waals surface area (Å²) < 4.78 is 27.9. The molecule has 3 nitrogen and oxygen atoms in total. The highest BCUT2D eigenvalue weighted by atomic mass is 19.1. The van der Waals surface area contributed by atoms with Gasteiger partial charge in [-0.1, -0.05) is 6.92 Å². The maximum Gasteiger partial charge on any atom is 0.126 e. The lowest BCUT2D eigenvalue weighted by Gasteiger charge is -2.05. The molecule has 0 aliphatic heterocycles. The molecular weight excluding hydrogens is 260 g/mol. The molecule has 1 N–H and O–H groups in total. The third-order valence-electron chi connectivity index (χ3n) is 3.15. The zero-order valence-corrected chi connectivity index (χ0v) is 11.8. The molecule has 1 heterocycles. The summed E-state index contributed by atoms with van der Waals surface area (Å²) >= 11 is 0. The number of hydrogen-bond acceptors (Lipinski definition) is 2. The van der Waals surface area contributed by atoms with Crippen molar-refractivity contribution < 1.29 is 8.78 Å². The third kappa shape index (κ3) is 3.87. The van der Waals surface area contributed by atoms with E-state index in [0.717, 1.165) is 24.7 Å². The molecule has 0 amide bonds. The fourth-order valence-corrected chi connectivity index (χ4v) is 2.24. The zero-order valence-electron chi connectivity index (χ0n) is 11.8. The summed E-state index contributed by atoms with van der Waals surface area (Å²) in [5, 5.41) is 7.65. The molecule has 0 unspecified atom stereocenters. The Bertz CT molecular complexity index is 558. The van der Waals surface area contributed by atoms with Gasteiger partial charge in [0.05, 0.1) is 5.69 Å². The topological polar surface area (TPSA) is 29.9 Å². The van der Waals surface area contributed by atoms with Gasteiger partial charge in [0.25, 0.3) is 0 Å². The molecule has 2 rings (SSSR count). The first-order valence-corrected chi connectivity index (χ1v) is 6.75. The first kappa shape index (κ1) is 14.7. The summed E-state index contributed by atoms with van der Waals surface area (Å²) in [4.78, 5) is 0. The molecule has 0 fully saturated rings. The number of aryl methyl sites for hydroxylation is 2. The quantitative estimate of drug-likeness (QED) is 0.824. The van der Waals surface area contributed by atoms with Crippen molar-refractivity contribution in [3.8, 4) is 0 Å². The number of rotatable bonds is 6. The number of nitrogens with zero attached hydrogens (tertiary/aromatic N) is 2. The van der Waals surface area contributed by atoms with Crippen LogP contribution in [-0.4, -0.2) is 16.3 Å². The van der Waals surface area contributed by atoms with E-state index in [0.29, 0.717) is 18.5 Å². The van der Waals surface area contributed by atoms with Gasteiger partial charge >= 0.3 is 0 Å². The van der Waals surface area contributed by atoms with Crippen molar-refractivity contribution in [2.75, 3.05) is 6.54 Å². The molecule has 1 aromatic heterocycles. The number of hydrogen-bond donors (Lipinski definition) is 1. The van der Waals surface area contributed by atoms with E-state index in [1.165, 1.54) is 17.7 Å². The van der Waals surface area contributed by atoms with E-state index in [-0.39, 0.29) is 0 Å². The van der Waals surface area contributed by atoms with Gasteiger partial charge in [-0.2, -0.15) is 5.10 Å². The molecular formula is C15H19F2N3. The van der Waals surface area contributed by atoms with Crippen molar-refractivity contribution in [1.29, 1.82) is 0 Å². The SMILES string of the molecule is CCc1nn(C)cc1CNCCc1cc(F)cc(F)c1. The van der Waals surface area contributed by atoms with Gasteiger partial charge in [0, 0.05) is 31.4 Å². The van der Waals surface area contributed by atoms with E-state index >= 15 is 0 Å². The molecule has 5 heteroatoms. The predicted octanol–water partition coefficient (Wildman–Crippen LogP) is 2.59. The Labute approximate surface area is 117 Å². The lowest BCUT2D eigenvalue weighted by Crippen LogP contribution is -2.17. The normalized spacial score (nSPS) is 11.0. The van der Waals surface area contributed by atoms with Gasteiger partial charge < -0.3 is 5.32 Å². The fraction of sp³-hybridized carbons (Fsp3) is 0.400. The molecule has 0 bridgehead atoms. The van der Waals surface area contributed by atoms with Crippen LogP contribution in [0.3, 0.4) is 0 Å². The monoisotopic (exact) mass is 279 g/mol. The Kier molecular flexibility index (Phi) is 4.84.